The van der Waals surface area contributed by atoms with Gasteiger partial charge in [0.2, 0.25) is 0 Å². The third-order valence-corrected chi connectivity index (χ3v) is 1.50. The van der Waals surface area contributed by atoms with Gasteiger partial charge in [-0.2, -0.15) is 0 Å². The SMILES string of the molecule is CC(C)(C)OC(=O)CP=O.CCNCC. The zero-order chi connectivity index (χ0) is 12.3. The van der Waals surface area contributed by atoms with Crippen LogP contribution in [0.4, 0.5) is 0 Å². The van der Waals surface area contributed by atoms with Gasteiger partial charge in [0.05, 0.1) is 0 Å². The van der Waals surface area contributed by atoms with Crippen LogP contribution < -0.4 is 5.32 Å². The van der Waals surface area contributed by atoms with Crippen LogP contribution in [-0.2, 0) is 14.1 Å². The predicted octanol–water partition coefficient (Wildman–Crippen LogP) is 2.24. The van der Waals surface area contributed by atoms with Crippen molar-refractivity contribution in [2.75, 3.05) is 19.3 Å². The largest absolute Gasteiger partial charge is 0.459 e. The molecule has 5 heteroatoms. The van der Waals surface area contributed by atoms with Crippen molar-refractivity contribution < 1.29 is 14.1 Å². The highest BCUT2D eigenvalue weighted by Gasteiger charge is 2.15. The van der Waals surface area contributed by atoms with Crippen LogP contribution in [0.5, 0.6) is 0 Å². The number of carbonyl (C=O) groups is 1. The van der Waals surface area contributed by atoms with E-state index in [4.69, 9.17) is 4.74 Å². The molecule has 0 bridgehead atoms. The van der Waals surface area contributed by atoms with E-state index in [2.05, 4.69) is 19.2 Å². The van der Waals surface area contributed by atoms with Crippen LogP contribution in [-0.4, -0.2) is 30.8 Å². The molecule has 0 saturated heterocycles. The molecule has 0 saturated carbocycles. The van der Waals surface area contributed by atoms with Crippen molar-refractivity contribution in [2.45, 2.75) is 40.2 Å². The second kappa shape index (κ2) is 10.1. The van der Waals surface area contributed by atoms with Crippen LogP contribution in [0, 0.1) is 0 Å². The Bertz CT molecular complexity index is 176. The Labute approximate surface area is 94.0 Å². The highest BCUT2D eigenvalue weighted by molar-refractivity contribution is 7.25. The quantitative estimate of drug-likeness (QED) is 0.599. The summed E-state index contributed by atoms with van der Waals surface area (Å²) in [6.07, 6.45) is -0.0583. The fourth-order valence-corrected chi connectivity index (χ4v) is 0.846. The van der Waals surface area contributed by atoms with Gasteiger partial charge < -0.3 is 10.1 Å². The summed E-state index contributed by atoms with van der Waals surface area (Å²) in [4.78, 5) is 10.6. The first-order valence-corrected chi connectivity index (χ1v) is 6.08. The predicted molar refractivity (Wildman–Crippen MR) is 62.5 cm³/mol. The van der Waals surface area contributed by atoms with Gasteiger partial charge in [-0.1, -0.05) is 13.8 Å². The summed E-state index contributed by atoms with van der Waals surface area (Å²) in [6, 6.07) is 0. The maximum atomic E-state index is 10.6. The third kappa shape index (κ3) is 19.8. The molecule has 0 atom stereocenters. The van der Waals surface area contributed by atoms with E-state index >= 15 is 0 Å². The number of esters is 1. The topological polar surface area (TPSA) is 55.4 Å². The molecule has 4 nitrogen and oxygen atoms in total. The van der Waals surface area contributed by atoms with Crippen molar-refractivity contribution in [3.8, 4) is 0 Å². The van der Waals surface area contributed by atoms with Gasteiger partial charge >= 0.3 is 5.97 Å². The van der Waals surface area contributed by atoms with E-state index in [0.29, 0.717) is 0 Å². The smallest absolute Gasteiger partial charge is 0.318 e. The zero-order valence-electron chi connectivity index (χ0n) is 10.3. The van der Waals surface area contributed by atoms with Crippen molar-refractivity contribution in [3.63, 3.8) is 0 Å². The molecule has 0 heterocycles. The zero-order valence-corrected chi connectivity index (χ0v) is 11.2. The number of ether oxygens (including phenoxy) is 1. The monoisotopic (exact) mass is 235 g/mol. The van der Waals surface area contributed by atoms with Gasteiger partial charge in [-0.25, -0.2) is 0 Å². The van der Waals surface area contributed by atoms with E-state index in [9.17, 15) is 9.36 Å². The Morgan fingerprint density at radius 1 is 1.27 bits per heavy atom. The van der Waals surface area contributed by atoms with E-state index in [1.807, 2.05) is 0 Å². The van der Waals surface area contributed by atoms with E-state index in [0.717, 1.165) is 13.1 Å². The molecule has 0 aromatic heterocycles. The van der Waals surface area contributed by atoms with Gasteiger partial charge in [-0.15, -0.1) is 0 Å². The van der Waals surface area contributed by atoms with Gasteiger partial charge in [-0.05, 0) is 33.9 Å². The molecular weight excluding hydrogens is 213 g/mol. The summed E-state index contributed by atoms with van der Waals surface area (Å²) in [5.41, 5.74) is -0.470. The minimum Gasteiger partial charge on any atom is -0.459 e. The molecule has 15 heavy (non-hydrogen) atoms. The third-order valence-electron chi connectivity index (χ3n) is 1.11. The Morgan fingerprint density at radius 2 is 1.73 bits per heavy atom. The van der Waals surface area contributed by atoms with Crippen LogP contribution in [0.25, 0.3) is 0 Å². The number of carbonyl (C=O) groups excluding carboxylic acids is 1. The molecular formula is C10H22NO3P. The lowest BCUT2D eigenvalue weighted by molar-refractivity contribution is -0.151. The number of hydrogen-bond acceptors (Lipinski definition) is 4. The van der Waals surface area contributed by atoms with Crippen molar-refractivity contribution in [2.24, 2.45) is 0 Å². The molecule has 0 radical (unpaired) electrons. The maximum absolute atomic E-state index is 10.6. The van der Waals surface area contributed by atoms with Crippen LogP contribution >= 0.6 is 8.46 Å². The average molecular weight is 235 g/mol. The summed E-state index contributed by atoms with van der Waals surface area (Å²) in [7, 11) is -0.187. The highest BCUT2D eigenvalue weighted by atomic mass is 31.1. The Morgan fingerprint density at radius 3 is 1.93 bits per heavy atom. The first kappa shape index (κ1) is 16.9. The summed E-state index contributed by atoms with van der Waals surface area (Å²) < 4.78 is 14.7. The molecule has 0 amide bonds. The summed E-state index contributed by atoms with van der Waals surface area (Å²) >= 11 is 0. The molecule has 0 aliphatic heterocycles. The average Bonchev–Trinajstić information content (AvgIpc) is 2.03. The van der Waals surface area contributed by atoms with Crippen molar-refractivity contribution in [1.29, 1.82) is 0 Å². The number of hydrogen-bond donors (Lipinski definition) is 1. The molecule has 1 N–H and O–H groups in total. The number of rotatable bonds is 4. The fourth-order valence-electron chi connectivity index (χ4n) is 0.676. The highest BCUT2D eigenvalue weighted by Crippen LogP contribution is 2.08. The number of nitrogens with one attached hydrogen (secondary N) is 1. The van der Waals surface area contributed by atoms with Crippen LogP contribution in [0.2, 0.25) is 0 Å². The van der Waals surface area contributed by atoms with Gasteiger partial charge in [-0.3, -0.25) is 9.36 Å². The van der Waals surface area contributed by atoms with Crippen molar-refractivity contribution >= 4 is 14.4 Å². The molecule has 0 aliphatic carbocycles. The lowest BCUT2D eigenvalue weighted by Crippen LogP contribution is -2.24. The van der Waals surface area contributed by atoms with E-state index < -0.39 is 11.6 Å². The fraction of sp³-hybridized carbons (Fsp3) is 0.900. The minimum absolute atomic E-state index is 0.0583. The molecule has 0 fully saturated rings. The second-order valence-corrected chi connectivity index (χ2v) is 4.41. The molecule has 0 spiro atoms. The normalized spacial score (nSPS) is 10.5. The van der Waals surface area contributed by atoms with Crippen LogP contribution in [0.3, 0.4) is 0 Å². The van der Waals surface area contributed by atoms with Gasteiger partial charge in [0.15, 0.2) is 8.46 Å². The second-order valence-electron chi connectivity index (χ2n) is 3.83. The van der Waals surface area contributed by atoms with Crippen LogP contribution in [0.15, 0.2) is 0 Å². The molecule has 0 aromatic carbocycles. The van der Waals surface area contributed by atoms with Gasteiger partial charge in [0.1, 0.15) is 11.8 Å². The molecule has 0 aromatic rings. The van der Waals surface area contributed by atoms with Gasteiger partial charge in [0.25, 0.3) is 0 Å². The first-order chi connectivity index (χ1) is 6.87. The molecule has 0 aliphatic rings. The molecule has 90 valence electrons. The summed E-state index contributed by atoms with van der Waals surface area (Å²) in [5.74, 6) is -0.427. The Hall–Kier alpha value is -0.470. The standard InChI is InChI=1S/C6H11O3P.C4H11N/c1-6(2,3)9-5(7)4-10-8;1-3-5-4-2/h4H2,1-3H3;5H,3-4H2,1-2H3. The Kier molecular flexibility index (Phi) is 11.4. The van der Waals surface area contributed by atoms with E-state index in [-0.39, 0.29) is 14.6 Å². The Balaban J connectivity index is 0. The summed E-state index contributed by atoms with van der Waals surface area (Å²) in [6.45, 7) is 11.7. The lowest BCUT2D eigenvalue weighted by atomic mass is 10.2. The van der Waals surface area contributed by atoms with Crippen molar-refractivity contribution in [1.82, 2.24) is 5.32 Å². The first-order valence-electron chi connectivity index (χ1n) is 5.09. The van der Waals surface area contributed by atoms with E-state index in [1.165, 1.54) is 0 Å². The van der Waals surface area contributed by atoms with Crippen LogP contribution in [0.1, 0.15) is 34.6 Å². The van der Waals surface area contributed by atoms with Gasteiger partial charge in [0, 0.05) is 0 Å². The maximum Gasteiger partial charge on any atom is 0.318 e. The lowest BCUT2D eigenvalue weighted by Gasteiger charge is -2.18. The minimum atomic E-state index is -0.470. The molecule has 0 rings (SSSR count). The molecule has 0 unspecified atom stereocenters. The summed E-state index contributed by atoms with van der Waals surface area (Å²) in [5, 5.41) is 3.11. The van der Waals surface area contributed by atoms with E-state index in [1.54, 1.807) is 20.8 Å². The van der Waals surface area contributed by atoms with Crippen molar-refractivity contribution in [3.05, 3.63) is 0 Å².